The number of aromatic nitrogens is 1. The number of carbonyl (C=O) groups is 2. The van der Waals surface area contributed by atoms with E-state index >= 15 is 0 Å². The Morgan fingerprint density at radius 1 is 1.05 bits per heavy atom. The Labute approximate surface area is 237 Å². The van der Waals surface area contributed by atoms with E-state index in [1.54, 1.807) is 12.1 Å². The first-order valence-electron chi connectivity index (χ1n) is 13.3. The molecule has 12 heteroatoms. The molecule has 218 valence electrons. The maximum absolute atomic E-state index is 13.6. The van der Waals surface area contributed by atoms with Gasteiger partial charge in [-0.25, -0.2) is 4.39 Å². The standard InChI is InChI=1S/C30H26F4N4O4/c1-35-27(40)23-21-10-20(19-9-17(5-8-22(19)41-2)26(39)38-29-11-15(12-29)13-29)25(36-14-30(32,33)34)37-28(21)42-24(23)16-3-6-18(31)7-4-16/h3-10,15H,11-14H2,1-2H3,(H,35,40)(H,36,37)(H,38,39). The van der Waals surface area contributed by atoms with E-state index in [-0.39, 0.29) is 56.6 Å². The summed E-state index contributed by atoms with van der Waals surface area (Å²) in [6, 6.07) is 11.4. The second-order valence-electron chi connectivity index (χ2n) is 10.7. The van der Waals surface area contributed by atoms with Gasteiger partial charge in [0.25, 0.3) is 11.8 Å². The molecule has 3 aliphatic rings. The van der Waals surface area contributed by atoms with E-state index in [9.17, 15) is 27.2 Å². The predicted molar refractivity (Wildman–Crippen MR) is 147 cm³/mol. The summed E-state index contributed by atoms with van der Waals surface area (Å²) in [4.78, 5) is 30.6. The van der Waals surface area contributed by atoms with Crippen LogP contribution < -0.4 is 20.7 Å². The first kappa shape index (κ1) is 27.6. The van der Waals surface area contributed by atoms with Gasteiger partial charge in [0.05, 0.1) is 18.1 Å². The maximum Gasteiger partial charge on any atom is 0.405 e. The van der Waals surface area contributed by atoms with Crippen molar-refractivity contribution in [2.75, 3.05) is 26.0 Å². The fourth-order valence-corrected chi connectivity index (χ4v) is 5.71. The van der Waals surface area contributed by atoms with Gasteiger partial charge in [-0.1, -0.05) is 0 Å². The molecule has 42 heavy (non-hydrogen) atoms. The Kier molecular flexibility index (Phi) is 6.58. The number of nitrogens with one attached hydrogen (secondary N) is 3. The second kappa shape index (κ2) is 10.0. The van der Waals surface area contributed by atoms with Gasteiger partial charge in [0.15, 0.2) is 0 Å². The van der Waals surface area contributed by atoms with Crippen molar-refractivity contribution in [3.63, 3.8) is 0 Å². The highest BCUT2D eigenvalue weighted by Gasteiger charge is 2.57. The number of anilines is 1. The highest BCUT2D eigenvalue weighted by Crippen LogP contribution is 2.57. The van der Waals surface area contributed by atoms with Gasteiger partial charge in [0, 0.05) is 34.8 Å². The quantitative estimate of drug-likeness (QED) is 0.223. The van der Waals surface area contributed by atoms with Crippen molar-refractivity contribution in [1.29, 1.82) is 0 Å². The number of carbonyl (C=O) groups excluding carboxylic acids is 2. The fraction of sp³-hybridized carbons (Fsp3) is 0.300. The summed E-state index contributed by atoms with van der Waals surface area (Å²) < 4.78 is 65.0. The first-order valence-corrected chi connectivity index (χ1v) is 13.3. The van der Waals surface area contributed by atoms with E-state index in [1.165, 1.54) is 50.6 Å². The lowest BCUT2D eigenvalue weighted by Crippen LogP contribution is -2.68. The van der Waals surface area contributed by atoms with Crippen molar-refractivity contribution in [2.24, 2.45) is 5.92 Å². The zero-order valence-corrected chi connectivity index (χ0v) is 22.6. The number of amides is 2. The van der Waals surface area contributed by atoms with Gasteiger partial charge >= 0.3 is 6.18 Å². The summed E-state index contributed by atoms with van der Waals surface area (Å²) >= 11 is 0. The molecule has 2 aromatic heterocycles. The van der Waals surface area contributed by atoms with Crippen LogP contribution in [-0.4, -0.2) is 49.2 Å². The minimum Gasteiger partial charge on any atom is -0.496 e. The van der Waals surface area contributed by atoms with Crippen LogP contribution in [0, 0.1) is 11.7 Å². The van der Waals surface area contributed by atoms with Crippen LogP contribution in [0.15, 0.2) is 52.9 Å². The van der Waals surface area contributed by atoms with Gasteiger partial charge in [-0.15, -0.1) is 0 Å². The zero-order chi connectivity index (χ0) is 29.8. The number of halogens is 4. The lowest BCUT2D eigenvalue weighted by Gasteiger charge is -2.61. The van der Waals surface area contributed by atoms with Gasteiger partial charge < -0.3 is 25.1 Å². The molecule has 2 amide bonds. The molecule has 0 atom stereocenters. The molecule has 4 aromatic rings. The normalized spacial score (nSPS) is 19.0. The molecule has 3 fully saturated rings. The number of benzene rings is 2. The molecule has 0 aliphatic heterocycles. The van der Waals surface area contributed by atoms with Crippen LogP contribution in [0.1, 0.15) is 40.0 Å². The summed E-state index contributed by atoms with van der Waals surface area (Å²) in [7, 11) is 2.82. The number of hydrogen-bond acceptors (Lipinski definition) is 6. The summed E-state index contributed by atoms with van der Waals surface area (Å²) in [6.07, 6.45) is -1.76. The minimum absolute atomic E-state index is 0.0618. The Hall–Kier alpha value is -4.61. The lowest BCUT2D eigenvalue weighted by molar-refractivity contribution is -0.115. The van der Waals surface area contributed by atoms with Crippen LogP contribution >= 0.6 is 0 Å². The number of rotatable bonds is 8. The maximum atomic E-state index is 13.6. The molecule has 2 heterocycles. The Bertz CT molecular complexity index is 1700. The van der Waals surface area contributed by atoms with Crippen LogP contribution in [0.4, 0.5) is 23.4 Å². The second-order valence-corrected chi connectivity index (χ2v) is 10.7. The number of alkyl halides is 3. The average molecular weight is 583 g/mol. The number of pyridine rings is 1. The van der Waals surface area contributed by atoms with Crippen molar-refractivity contribution < 1.29 is 36.3 Å². The van der Waals surface area contributed by atoms with E-state index in [0.29, 0.717) is 17.0 Å². The van der Waals surface area contributed by atoms with E-state index < -0.39 is 24.4 Å². The topological polar surface area (TPSA) is 105 Å². The zero-order valence-electron chi connectivity index (χ0n) is 22.6. The van der Waals surface area contributed by atoms with Gasteiger partial charge in [-0.3, -0.25) is 9.59 Å². The van der Waals surface area contributed by atoms with Crippen molar-refractivity contribution in [1.82, 2.24) is 15.6 Å². The Morgan fingerprint density at radius 3 is 2.36 bits per heavy atom. The SMILES string of the molecule is CNC(=O)c1c(-c2ccc(F)cc2)oc2nc(NCC(F)(F)F)c(-c3cc(C(=O)NC45CC(C4)C5)ccc3OC)cc12. The van der Waals surface area contributed by atoms with E-state index in [2.05, 4.69) is 20.9 Å². The molecule has 7 rings (SSSR count). The lowest BCUT2D eigenvalue weighted by atomic mass is 9.50. The van der Waals surface area contributed by atoms with Gasteiger partial charge in [-0.2, -0.15) is 18.2 Å². The summed E-state index contributed by atoms with van der Waals surface area (Å²) in [5.74, 6) is -0.551. The number of ether oxygens (including phenoxy) is 1. The van der Waals surface area contributed by atoms with Gasteiger partial charge in [0.1, 0.15) is 29.7 Å². The number of methoxy groups -OCH3 is 1. The molecule has 2 bridgehead atoms. The molecule has 0 unspecified atom stereocenters. The van der Waals surface area contributed by atoms with Crippen LogP contribution in [0.3, 0.4) is 0 Å². The third-order valence-corrected chi connectivity index (χ3v) is 7.87. The summed E-state index contributed by atoms with van der Waals surface area (Å²) in [5.41, 5.74) is 0.865. The van der Waals surface area contributed by atoms with Gasteiger partial charge in [0.2, 0.25) is 5.71 Å². The number of fused-ring (bicyclic) bond motifs is 1. The highest BCUT2D eigenvalue weighted by molar-refractivity contribution is 6.12. The summed E-state index contributed by atoms with van der Waals surface area (Å²) in [6.45, 7) is -1.40. The van der Waals surface area contributed by atoms with Crippen molar-refractivity contribution >= 4 is 28.7 Å². The van der Waals surface area contributed by atoms with Gasteiger partial charge in [-0.05, 0) is 73.7 Å². The number of hydrogen-bond donors (Lipinski definition) is 3. The average Bonchev–Trinajstić information content (AvgIpc) is 3.30. The number of furan rings is 1. The minimum atomic E-state index is -4.57. The molecule has 3 saturated carbocycles. The van der Waals surface area contributed by atoms with Crippen molar-refractivity contribution in [3.05, 3.63) is 65.5 Å². The fourth-order valence-electron chi connectivity index (χ4n) is 5.71. The highest BCUT2D eigenvalue weighted by atomic mass is 19.4. The first-order chi connectivity index (χ1) is 20.0. The van der Waals surface area contributed by atoms with E-state index in [1.807, 2.05) is 0 Å². The van der Waals surface area contributed by atoms with Crippen molar-refractivity contribution in [2.45, 2.75) is 31.0 Å². The van der Waals surface area contributed by atoms with Crippen LogP contribution in [0.5, 0.6) is 5.75 Å². The molecule has 0 saturated heterocycles. The van der Waals surface area contributed by atoms with Crippen LogP contribution in [0.25, 0.3) is 33.6 Å². The summed E-state index contributed by atoms with van der Waals surface area (Å²) in [5, 5.41) is 8.15. The van der Waals surface area contributed by atoms with Crippen LogP contribution in [-0.2, 0) is 0 Å². The van der Waals surface area contributed by atoms with E-state index in [4.69, 9.17) is 9.15 Å². The molecular formula is C30H26F4N4O4. The van der Waals surface area contributed by atoms with Crippen LogP contribution in [0.2, 0.25) is 0 Å². The number of nitrogens with zero attached hydrogens (tertiary/aromatic N) is 1. The molecule has 0 spiro atoms. The third-order valence-electron chi connectivity index (χ3n) is 7.87. The molecule has 3 aliphatic carbocycles. The Balaban J connectivity index is 1.52. The predicted octanol–water partition coefficient (Wildman–Crippen LogP) is 5.93. The van der Waals surface area contributed by atoms with Crippen molar-refractivity contribution in [3.8, 4) is 28.2 Å². The van der Waals surface area contributed by atoms with E-state index in [0.717, 1.165) is 19.3 Å². The smallest absolute Gasteiger partial charge is 0.405 e. The molecular weight excluding hydrogens is 556 g/mol. The third kappa shape index (κ3) is 4.90. The largest absolute Gasteiger partial charge is 0.496 e. The molecule has 0 radical (unpaired) electrons. The molecule has 3 N–H and O–H groups in total. The Morgan fingerprint density at radius 2 is 1.76 bits per heavy atom. The monoisotopic (exact) mass is 582 g/mol. The molecule has 2 aromatic carbocycles. The molecule has 8 nitrogen and oxygen atoms in total.